The van der Waals surface area contributed by atoms with E-state index in [-0.39, 0.29) is 5.91 Å². The van der Waals surface area contributed by atoms with Crippen LogP contribution < -0.4 is 15.0 Å². The van der Waals surface area contributed by atoms with E-state index in [1.807, 2.05) is 43.3 Å². The van der Waals surface area contributed by atoms with Crippen molar-refractivity contribution < 1.29 is 14.3 Å². The Balaban J connectivity index is 1.58. The minimum absolute atomic E-state index is 0.0278. The van der Waals surface area contributed by atoms with Crippen LogP contribution >= 0.6 is 0 Å². The Kier molecular flexibility index (Phi) is 6.35. The van der Waals surface area contributed by atoms with Gasteiger partial charge in [0.15, 0.2) is 0 Å². The van der Waals surface area contributed by atoms with Crippen molar-refractivity contribution in [1.29, 1.82) is 0 Å². The second kappa shape index (κ2) is 8.91. The first-order valence-corrected chi connectivity index (χ1v) is 9.54. The molecule has 27 heavy (non-hydrogen) atoms. The number of carbonyl (C=O) groups excluding carboxylic acids is 1. The summed E-state index contributed by atoms with van der Waals surface area (Å²) >= 11 is 0. The standard InChI is InChI=1S/C22H28N2O3/c1-4-27-21-11-5-18(6-12-21)13-22(25)23-19-7-9-20(10-8-19)24-16(2)14-26-15-17(24)3/h5-12,16-17H,4,13-15H2,1-3H3,(H,23,25). The average Bonchev–Trinajstić information content (AvgIpc) is 2.65. The van der Waals surface area contributed by atoms with Crippen molar-refractivity contribution in [2.45, 2.75) is 39.3 Å². The third-order valence-corrected chi connectivity index (χ3v) is 4.72. The predicted octanol–water partition coefficient (Wildman–Crippen LogP) is 3.88. The number of carbonyl (C=O) groups is 1. The largest absolute Gasteiger partial charge is 0.494 e. The molecule has 1 aliphatic rings. The fraction of sp³-hybridized carbons (Fsp3) is 0.409. The Morgan fingerprint density at radius 1 is 1.07 bits per heavy atom. The highest BCUT2D eigenvalue weighted by Gasteiger charge is 2.25. The molecule has 5 heteroatoms. The number of morpholine rings is 1. The molecule has 1 aliphatic heterocycles. The summed E-state index contributed by atoms with van der Waals surface area (Å²) in [4.78, 5) is 14.7. The monoisotopic (exact) mass is 368 g/mol. The summed E-state index contributed by atoms with van der Waals surface area (Å²) in [6.45, 7) is 8.41. The minimum atomic E-state index is -0.0278. The molecule has 0 radical (unpaired) electrons. The molecule has 2 atom stereocenters. The highest BCUT2D eigenvalue weighted by Crippen LogP contribution is 2.25. The first kappa shape index (κ1) is 19.2. The summed E-state index contributed by atoms with van der Waals surface area (Å²) in [5.74, 6) is 0.795. The van der Waals surface area contributed by atoms with Gasteiger partial charge in [0.2, 0.25) is 5.91 Å². The van der Waals surface area contributed by atoms with Crippen LogP contribution in [0, 0.1) is 0 Å². The Hall–Kier alpha value is -2.53. The van der Waals surface area contributed by atoms with Crippen LogP contribution in [0.25, 0.3) is 0 Å². The summed E-state index contributed by atoms with van der Waals surface area (Å²) < 4.78 is 11.0. The molecule has 0 aliphatic carbocycles. The molecule has 3 rings (SSSR count). The van der Waals surface area contributed by atoms with Gasteiger partial charge in [0.25, 0.3) is 0 Å². The number of hydrogen-bond donors (Lipinski definition) is 1. The van der Waals surface area contributed by atoms with Crippen molar-refractivity contribution in [1.82, 2.24) is 0 Å². The zero-order valence-corrected chi connectivity index (χ0v) is 16.3. The molecule has 5 nitrogen and oxygen atoms in total. The molecule has 2 aromatic rings. The molecule has 0 spiro atoms. The van der Waals surface area contributed by atoms with E-state index < -0.39 is 0 Å². The fourth-order valence-electron chi connectivity index (χ4n) is 3.49. The average molecular weight is 368 g/mol. The lowest BCUT2D eigenvalue weighted by molar-refractivity contribution is -0.115. The van der Waals surface area contributed by atoms with Gasteiger partial charge in [-0.2, -0.15) is 0 Å². The molecule has 1 saturated heterocycles. The summed E-state index contributed by atoms with van der Waals surface area (Å²) in [7, 11) is 0. The lowest BCUT2D eigenvalue weighted by Crippen LogP contribution is -2.49. The van der Waals surface area contributed by atoms with Gasteiger partial charge < -0.3 is 19.7 Å². The van der Waals surface area contributed by atoms with Gasteiger partial charge in [0.05, 0.1) is 26.2 Å². The van der Waals surface area contributed by atoms with Crippen LogP contribution in [0.1, 0.15) is 26.3 Å². The number of hydrogen-bond acceptors (Lipinski definition) is 4. The Bertz CT molecular complexity index is 733. The molecule has 0 saturated carbocycles. The van der Waals surface area contributed by atoms with Crippen molar-refractivity contribution in [3.8, 4) is 5.75 Å². The van der Waals surface area contributed by atoms with Crippen molar-refractivity contribution in [2.75, 3.05) is 30.0 Å². The minimum Gasteiger partial charge on any atom is -0.494 e. The highest BCUT2D eigenvalue weighted by atomic mass is 16.5. The van der Waals surface area contributed by atoms with Gasteiger partial charge >= 0.3 is 0 Å². The molecule has 2 unspecified atom stereocenters. The molecule has 1 fully saturated rings. The van der Waals surface area contributed by atoms with Gasteiger partial charge in [-0.15, -0.1) is 0 Å². The first-order valence-electron chi connectivity index (χ1n) is 9.54. The van der Waals surface area contributed by atoms with E-state index in [0.29, 0.717) is 25.1 Å². The summed E-state index contributed by atoms with van der Waals surface area (Å²) in [5, 5.41) is 2.97. The van der Waals surface area contributed by atoms with Gasteiger partial charge in [0, 0.05) is 23.5 Å². The third kappa shape index (κ3) is 5.01. The van der Waals surface area contributed by atoms with Crippen LogP contribution in [-0.2, 0) is 16.0 Å². The Morgan fingerprint density at radius 3 is 2.30 bits per heavy atom. The summed E-state index contributed by atoms with van der Waals surface area (Å²) in [6.07, 6.45) is 0.339. The van der Waals surface area contributed by atoms with E-state index in [2.05, 4.69) is 36.2 Å². The van der Waals surface area contributed by atoms with E-state index in [9.17, 15) is 4.79 Å². The van der Waals surface area contributed by atoms with Gasteiger partial charge in [-0.3, -0.25) is 4.79 Å². The Morgan fingerprint density at radius 2 is 1.70 bits per heavy atom. The number of benzene rings is 2. The molecular formula is C22H28N2O3. The van der Waals surface area contributed by atoms with E-state index in [1.165, 1.54) is 0 Å². The maximum atomic E-state index is 12.3. The van der Waals surface area contributed by atoms with E-state index >= 15 is 0 Å². The number of amides is 1. The zero-order valence-electron chi connectivity index (χ0n) is 16.3. The molecule has 1 heterocycles. The fourth-order valence-corrected chi connectivity index (χ4v) is 3.49. The lowest BCUT2D eigenvalue weighted by atomic mass is 10.1. The number of nitrogens with one attached hydrogen (secondary N) is 1. The van der Waals surface area contributed by atoms with Gasteiger partial charge in [-0.25, -0.2) is 0 Å². The highest BCUT2D eigenvalue weighted by molar-refractivity contribution is 5.92. The van der Waals surface area contributed by atoms with Crippen LogP contribution in [0.4, 0.5) is 11.4 Å². The second-order valence-electron chi connectivity index (χ2n) is 6.99. The van der Waals surface area contributed by atoms with Crippen molar-refractivity contribution in [2.24, 2.45) is 0 Å². The van der Waals surface area contributed by atoms with Crippen LogP contribution in [0.3, 0.4) is 0 Å². The van der Waals surface area contributed by atoms with Crippen LogP contribution in [-0.4, -0.2) is 37.8 Å². The van der Waals surface area contributed by atoms with Crippen molar-refractivity contribution >= 4 is 17.3 Å². The molecule has 1 amide bonds. The van der Waals surface area contributed by atoms with Crippen LogP contribution in [0.5, 0.6) is 5.75 Å². The van der Waals surface area contributed by atoms with Gasteiger partial charge in [-0.05, 0) is 62.7 Å². The Labute approximate surface area is 161 Å². The second-order valence-corrected chi connectivity index (χ2v) is 6.99. The number of nitrogens with zero attached hydrogens (tertiary/aromatic N) is 1. The van der Waals surface area contributed by atoms with Crippen LogP contribution in [0.2, 0.25) is 0 Å². The molecule has 1 N–H and O–H groups in total. The maximum Gasteiger partial charge on any atom is 0.228 e. The quantitative estimate of drug-likeness (QED) is 0.841. The lowest BCUT2D eigenvalue weighted by Gasteiger charge is -2.40. The molecule has 0 aromatic heterocycles. The number of anilines is 2. The maximum absolute atomic E-state index is 12.3. The van der Waals surface area contributed by atoms with Crippen molar-refractivity contribution in [3.63, 3.8) is 0 Å². The summed E-state index contributed by atoms with van der Waals surface area (Å²) in [6, 6.07) is 16.4. The first-order chi connectivity index (χ1) is 13.1. The van der Waals surface area contributed by atoms with Gasteiger partial charge in [0.1, 0.15) is 5.75 Å². The summed E-state index contributed by atoms with van der Waals surface area (Å²) in [5.41, 5.74) is 2.93. The predicted molar refractivity (Wildman–Crippen MR) is 109 cm³/mol. The molecule has 2 aromatic carbocycles. The number of rotatable bonds is 6. The normalized spacial score (nSPS) is 19.6. The number of ether oxygens (including phenoxy) is 2. The van der Waals surface area contributed by atoms with E-state index in [4.69, 9.17) is 9.47 Å². The van der Waals surface area contributed by atoms with Gasteiger partial charge in [-0.1, -0.05) is 12.1 Å². The van der Waals surface area contributed by atoms with Crippen LogP contribution in [0.15, 0.2) is 48.5 Å². The molecular weight excluding hydrogens is 340 g/mol. The van der Waals surface area contributed by atoms with Crippen molar-refractivity contribution in [3.05, 3.63) is 54.1 Å². The smallest absolute Gasteiger partial charge is 0.228 e. The molecule has 144 valence electrons. The third-order valence-electron chi connectivity index (χ3n) is 4.72. The molecule has 0 bridgehead atoms. The van der Waals surface area contributed by atoms with E-state index in [1.54, 1.807) is 0 Å². The SMILES string of the molecule is CCOc1ccc(CC(=O)Nc2ccc(N3C(C)COCC3C)cc2)cc1. The topological polar surface area (TPSA) is 50.8 Å². The zero-order chi connectivity index (χ0) is 19.2. The van der Waals surface area contributed by atoms with E-state index in [0.717, 1.165) is 35.9 Å².